The minimum Gasteiger partial charge on any atom is -0.397 e. The lowest BCUT2D eigenvalue weighted by Crippen LogP contribution is -2.24. The Labute approximate surface area is 113 Å². The van der Waals surface area contributed by atoms with Crippen LogP contribution in [-0.4, -0.2) is 24.2 Å². The highest BCUT2D eigenvalue weighted by Crippen LogP contribution is 2.35. The zero-order chi connectivity index (χ0) is 13.1. The number of aliphatic hydroxyl groups excluding tert-OH is 1. The second-order valence-corrected chi connectivity index (χ2v) is 5.31. The smallest absolute Gasteiger partial charge is 0.263 e. The molecule has 0 unspecified atom stereocenters. The van der Waals surface area contributed by atoms with Gasteiger partial charge in [-0.2, -0.15) is 0 Å². The van der Waals surface area contributed by atoms with Crippen LogP contribution in [0.1, 0.15) is 16.1 Å². The molecule has 0 radical (unpaired) electrons. The average molecular weight is 285 g/mol. The fourth-order valence-corrected chi connectivity index (χ4v) is 2.81. The van der Waals surface area contributed by atoms with Crippen LogP contribution in [0.25, 0.3) is 10.1 Å². The molecule has 0 fully saturated rings. The van der Waals surface area contributed by atoms with E-state index in [-0.39, 0.29) is 12.5 Å². The number of hydrogen-bond donors (Lipinski definition) is 3. The number of aliphatic hydroxyl groups is 1. The summed E-state index contributed by atoms with van der Waals surface area (Å²) in [4.78, 5) is 12.4. The zero-order valence-corrected chi connectivity index (χ0v) is 11.1. The minimum atomic E-state index is -0.210. The molecule has 0 aliphatic rings. The number of nitrogens with one attached hydrogen (secondary N) is 1. The highest BCUT2D eigenvalue weighted by Gasteiger charge is 2.15. The van der Waals surface area contributed by atoms with E-state index in [1.165, 1.54) is 11.3 Å². The summed E-state index contributed by atoms with van der Waals surface area (Å²) in [6.45, 7) is 0.488. The maximum atomic E-state index is 11.9. The molecule has 1 heterocycles. The second kappa shape index (κ2) is 5.56. The Bertz CT molecular complexity index is 583. The van der Waals surface area contributed by atoms with Crippen molar-refractivity contribution in [1.29, 1.82) is 0 Å². The summed E-state index contributed by atoms with van der Waals surface area (Å²) < 4.78 is 0.934. The molecule has 4 nitrogen and oxygen atoms in total. The van der Waals surface area contributed by atoms with Crippen molar-refractivity contribution in [3.05, 3.63) is 28.1 Å². The predicted octanol–water partition coefficient (Wildman–Crippen LogP) is 2.25. The molecule has 0 saturated carbocycles. The number of benzene rings is 1. The van der Waals surface area contributed by atoms with Crippen LogP contribution in [0.2, 0.25) is 5.02 Å². The van der Waals surface area contributed by atoms with Gasteiger partial charge in [-0.3, -0.25) is 4.79 Å². The van der Waals surface area contributed by atoms with Gasteiger partial charge in [-0.25, -0.2) is 0 Å². The second-order valence-electron chi connectivity index (χ2n) is 3.82. The van der Waals surface area contributed by atoms with Gasteiger partial charge in [-0.1, -0.05) is 11.6 Å². The molecule has 2 rings (SSSR count). The Kier molecular flexibility index (Phi) is 4.06. The summed E-state index contributed by atoms with van der Waals surface area (Å²) in [6.07, 6.45) is 0.530. The maximum Gasteiger partial charge on any atom is 0.263 e. The van der Waals surface area contributed by atoms with Gasteiger partial charge < -0.3 is 16.2 Å². The fraction of sp³-hybridized carbons (Fsp3) is 0.250. The molecule has 1 aromatic carbocycles. The lowest BCUT2D eigenvalue weighted by molar-refractivity contribution is 0.0956. The molecule has 0 atom stereocenters. The number of fused-ring (bicyclic) bond motifs is 1. The van der Waals surface area contributed by atoms with E-state index in [0.717, 1.165) is 10.1 Å². The Morgan fingerprint density at radius 3 is 3.00 bits per heavy atom. The summed E-state index contributed by atoms with van der Waals surface area (Å²) in [5.41, 5.74) is 6.41. The van der Waals surface area contributed by atoms with Crippen molar-refractivity contribution in [1.82, 2.24) is 5.32 Å². The quantitative estimate of drug-likeness (QED) is 0.754. The van der Waals surface area contributed by atoms with Crippen molar-refractivity contribution < 1.29 is 9.90 Å². The molecule has 0 aliphatic carbocycles. The summed E-state index contributed by atoms with van der Waals surface area (Å²) >= 11 is 7.24. The van der Waals surface area contributed by atoms with Gasteiger partial charge >= 0.3 is 0 Å². The number of carbonyl (C=O) groups excluding carboxylic acids is 1. The number of amides is 1. The topological polar surface area (TPSA) is 75.4 Å². The lowest BCUT2D eigenvalue weighted by Gasteiger charge is -2.02. The van der Waals surface area contributed by atoms with E-state index in [4.69, 9.17) is 22.4 Å². The highest BCUT2D eigenvalue weighted by atomic mass is 35.5. The van der Waals surface area contributed by atoms with Gasteiger partial charge in [0.2, 0.25) is 0 Å². The number of halogens is 1. The summed E-state index contributed by atoms with van der Waals surface area (Å²) in [6, 6.07) is 5.38. The van der Waals surface area contributed by atoms with E-state index in [0.29, 0.717) is 28.6 Å². The Morgan fingerprint density at radius 1 is 1.50 bits per heavy atom. The van der Waals surface area contributed by atoms with E-state index in [2.05, 4.69) is 5.32 Å². The summed E-state index contributed by atoms with van der Waals surface area (Å²) in [5, 5.41) is 12.8. The number of anilines is 1. The van der Waals surface area contributed by atoms with Crippen LogP contribution in [0.3, 0.4) is 0 Å². The van der Waals surface area contributed by atoms with Crippen LogP contribution >= 0.6 is 22.9 Å². The van der Waals surface area contributed by atoms with Crippen LogP contribution in [0.15, 0.2) is 18.2 Å². The molecule has 0 bridgehead atoms. The molecule has 6 heteroatoms. The molecule has 1 aromatic heterocycles. The third-order valence-corrected chi connectivity index (χ3v) is 3.94. The molecule has 0 spiro atoms. The van der Waals surface area contributed by atoms with E-state index in [9.17, 15) is 4.79 Å². The number of nitrogen functional groups attached to an aromatic ring is 1. The monoisotopic (exact) mass is 284 g/mol. The van der Waals surface area contributed by atoms with Crippen molar-refractivity contribution in [2.45, 2.75) is 6.42 Å². The van der Waals surface area contributed by atoms with Crippen LogP contribution < -0.4 is 11.1 Å². The van der Waals surface area contributed by atoms with E-state index in [1.807, 2.05) is 6.07 Å². The number of thiophene rings is 1. The summed E-state index contributed by atoms with van der Waals surface area (Å²) in [5.74, 6) is -0.210. The minimum absolute atomic E-state index is 0.0534. The van der Waals surface area contributed by atoms with Crippen molar-refractivity contribution in [2.24, 2.45) is 0 Å². The van der Waals surface area contributed by atoms with Gasteiger partial charge in [0.1, 0.15) is 4.88 Å². The first-order chi connectivity index (χ1) is 8.63. The van der Waals surface area contributed by atoms with Gasteiger partial charge in [-0.15, -0.1) is 11.3 Å². The normalized spacial score (nSPS) is 10.8. The molecular formula is C12H13ClN2O2S. The molecule has 4 N–H and O–H groups in total. The van der Waals surface area contributed by atoms with E-state index >= 15 is 0 Å². The fourth-order valence-electron chi connectivity index (χ4n) is 1.62. The standard InChI is InChI=1S/C12H13ClN2O2S/c13-7-2-3-9-8(6-7)10(14)11(18-9)12(17)15-4-1-5-16/h2-3,6,16H,1,4-5,14H2,(H,15,17). The summed E-state index contributed by atoms with van der Waals surface area (Å²) in [7, 11) is 0. The Hall–Kier alpha value is -1.30. The third kappa shape index (κ3) is 2.58. The van der Waals surface area contributed by atoms with Gasteiger partial charge in [0.05, 0.1) is 5.69 Å². The first-order valence-corrected chi connectivity index (χ1v) is 6.69. The van der Waals surface area contributed by atoms with Crippen molar-refractivity contribution in [3.8, 4) is 0 Å². The van der Waals surface area contributed by atoms with Crippen LogP contribution in [0.4, 0.5) is 5.69 Å². The Morgan fingerprint density at radius 2 is 2.28 bits per heavy atom. The van der Waals surface area contributed by atoms with E-state index in [1.54, 1.807) is 12.1 Å². The molecule has 1 amide bonds. The van der Waals surface area contributed by atoms with Gasteiger partial charge in [-0.05, 0) is 24.6 Å². The first-order valence-electron chi connectivity index (χ1n) is 5.50. The molecule has 2 aromatic rings. The number of hydrogen-bond acceptors (Lipinski definition) is 4. The lowest BCUT2D eigenvalue weighted by atomic mass is 10.2. The first kappa shape index (κ1) is 13.1. The average Bonchev–Trinajstić information content (AvgIpc) is 2.67. The molecule has 96 valence electrons. The largest absolute Gasteiger partial charge is 0.397 e. The molecule has 0 aliphatic heterocycles. The zero-order valence-electron chi connectivity index (χ0n) is 9.57. The van der Waals surface area contributed by atoms with Crippen molar-refractivity contribution in [3.63, 3.8) is 0 Å². The van der Waals surface area contributed by atoms with Gasteiger partial charge in [0, 0.05) is 28.3 Å². The Balaban J connectivity index is 2.28. The number of nitrogens with two attached hydrogens (primary N) is 1. The predicted molar refractivity (Wildman–Crippen MR) is 75.3 cm³/mol. The number of carbonyl (C=O) groups is 1. The van der Waals surface area contributed by atoms with Crippen LogP contribution in [-0.2, 0) is 0 Å². The highest BCUT2D eigenvalue weighted by molar-refractivity contribution is 7.21. The van der Waals surface area contributed by atoms with E-state index < -0.39 is 0 Å². The van der Waals surface area contributed by atoms with Crippen LogP contribution in [0, 0.1) is 0 Å². The molecular weight excluding hydrogens is 272 g/mol. The van der Waals surface area contributed by atoms with Crippen molar-refractivity contribution in [2.75, 3.05) is 18.9 Å². The third-order valence-electron chi connectivity index (χ3n) is 2.52. The van der Waals surface area contributed by atoms with Crippen LogP contribution in [0.5, 0.6) is 0 Å². The molecule has 18 heavy (non-hydrogen) atoms. The maximum absolute atomic E-state index is 11.9. The number of rotatable bonds is 4. The van der Waals surface area contributed by atoms with Gasteiger partial charge in [0.15, 0.2) is 0 Å². The molecule has 0 saturated heterocycles. The van der Waals surface area contributed by atoms with Gasteiger partial charge in [0.25, 0.3) is 5.91 Å². The van der Waals surface area contributed by atoms with Crippen molar-refractivity contribution >= 4 is 44.6 Å². The SMILES string of the molecule is Nc1c(C(=O)NCCCO)sc2ccc(Cl)cc12.